The number of carbonyl (C=O) groups is 1. The molecule has 1 aromatic rings. The molecular weight excluding hydrogens is 346 g/mol. The first-order chi connectivity index (χ1) is 13.0. The smallest absolute Gasteiger partial charge is 0.270 e. The SMILES string of the molecule is COC1CN(c2ccc(C(=O)N[C@H](C)C[C@H](C)CO)nc2OCC2CC2)C1. The first-order valence-electron chi connectivity index (χ1n) is 9.83. The van der Waals surface area contributed by atoms with Crippen LogP contribution < -0.4 is 15.0 Å². The van der Waals surface area contributed by atoms with Crippen molar-refractivity contribution in [1.82, 2.24) is 10.3 Å². The van der Waals surface area contributed by atoms with Gasteiger partial charge in [0.15, 0.2) is 0 Å². The minimum Gasteiger partial charge on any atom is -0.476 e. The van der Waals surface area contributed by atoms with E-state index in [2.05, 4.69) is 15.2 Å². The number of pyridine rings is 1. The Morgan fingerprint density at radius 3 is 2.74 bits per heavy atom. The van der Waals surface area contributed by atoms with Crippen molar-refractivity contribution < 1.29 is 19.4 Å². The van der Waals surface area contributed by atoms with Gasteiger partial charge in [0.05, 0.1) is 12.7 Å². The quantitative estimate of drug-likeness (QED) is 0.647. The van der Waals surface area contributed by atoms with E-state index in [-0.39, 0.29) is 30.6 Å². The Morgan fingerprint density at radius 2 is 2.11 bits per heavy atom. The molecule has 7 nitrogen and oxygen atoms in total. The second kappa shape index (κ2) is 8.89. The van der Waals surface area contributed by atoms with Gasteiger partial charge in [-0.2, -0.15) is 0 Å². The number of anilines is 1. The monoisotopic (exact) mass is 377 g/mol. The van der Waals surface area contributed by atoms with Gasteiger partial charge in [-0.1, -0.05) is 6.92 Å². The Hall–Kier alpha value is -1.86. The molecule has 2 heterocycles. The van der Waals surface area contributed by atoms with Crippen LogP contribution in [0.1, 0.15) is 43.6 Å². The molecule has 1 saturated carbocycles. The predicted molar refractivity (Wildman–Crippen MR) is 103 cm³/mol. The number of carbonyl (C=O) groups excluding carboxylic acids is 1. The van der Waals surface area contributed by atoms with Gasteiger partial charge in [-0.25, -0.2) is 4.98 Å². The summed E-state index contributed by atoms with van der Waals surface area (Å²) >= 11 is 0. The highest BCUT2D eigenvalue weighted by Crippen LogP contribution is 2.34. The van der Waals surface area contributed by atoms with Crippen LogP contribution in [0.2, 0.25) is 0 Å². The fourth-order valence-electron chi connectivity index (χ4n) is 3.21. The molecule has 1 saturated heterocycles. The van der Waals surface area contributed by atoms with Crippen LogP contribution in [-0.2, 0) is 4.74 Å². The van der Waals surface area contributed by atoms with Crippen LogP contribution in [0.25, 0.3) is 0 Å². The first-order valence-corrected chi connectivity index (χ1v) is 9.83. The lowest BCUT2D eigenvalue weighted by molar-refractivity contribution is 0.0782. The molecule has 2 fully saturated rings. The van der Waals surface area contributed by atoms with Crippen molar-refractivity contribution in [3.8, 4) is 5.88 Å². The van der Waals surface area contributed by atoms with Crippen molar-refractivity contribution in [1.29, 1.82) is 0 Å². The number of hydrogen-bond donors (Lipinski definition) is 2. The van der Waals surface area contributed by atoms with Gasteiger partial charge in [0.25, 0.3) is 5.91 Å². The van der Waals surface area contributed by atoms with Crippen LogP contribution in [0, 0.1) is 11.8 Å². The summed E-state index contributed by atoms with van der Waals surface area (Å²) in [6.45, 7) is 6.27. The number of methoxy groups -OCH3 is 1. The van der Waals surface area contributed by atoms with Crippen molar-refractivity contribution in [3.63, 3.8) is 0 Å². The van der Waals surface area contributed by atoms with Crippen molar-refractivity contribution in [2.24, 2.45) is 11.8 Å². The lowest BCUT2D eigenvalue weighted by Crippen LogP contribution is -2.52. The van der Waals surface area contributed by atoms with E-state index >= 15 is 0 Å². The highest BCUT2D eigenvalue weighted by molar-refractivity contribution is 5.93. The van der Waals surface area contributed by atoms with Crippen LogP contribution in [-0.4, -0.2) is 61.6 Å². The number of nitrogens with one attached hydrogen (secondary N) is 1. The summed E-state index contributed by atoms with van der Waals surface area (Å²) in [6, 6.07) is 3.63. The van der Waals surface area contributed by atoms with Crippen LogP contribution in [0.4, 0.5) is 5.69 Å². The molecule has 7 heteroatoms. The second-order valence-electron chi connectivity index (χ2n) is 7.94. The molecule has 1 aromatic heterocycles. The standard InChI is InChI=1S/C20H31N3O4/c1-13(11-24)8-14(2)21-19(25)17-6-7-18(23-9-16(10-23)26-3)20(22-17)27-12-15-4-5-15/h6-7,13-16,24H,4-5,8-12H2,1-3H3,(H,21,25)/t13-,14+/m0/s1. The lowest BCUT2D eigenvalue weighted by Gasteiger charge is -2.40. The minimum absolute atomic E-state index is 0.0326. The van der Waals surface area contributed by atoms with Crippen molar-refractivity contribution in [2.75, 3.05) is 38.3 Å². The Bertz CT molecular complexity index is 644. The van der Waals surface area contributed by atoms with E-state index in [1.165, 1.54) is 12.8 Å². The summed E-state index contributed by atoms with van der Waals surface area (Å²) in [5.41, 5.74) is 1.28. The fraction of sp³-hybridized carbons (Fsp3) is 0.700. The lowest BCUT2D eigenvalue weighted by atomic mass is 10.0. The van der Waals surface area contributed by atoms with Gasteiger partial charge < -0.3 is 24.8 Å². The largest absolute Gasteiger partial charge is 0.476 e. The number of amides is 1. The summed E-state index contributed by atoms with van der Waals surface area (Å²) in [6.07, 6.45) is 3.35. The van der Waals surface area contributed by atoms with Crippen molar-refractivity contribution >= 4 is 11.6 Å². The normalized spacial score (nSPS) is 19.3. The molecule has 0 bridgehead atoms. The number of aliphatic hydroxyl groups is 1. The number of hydrogen-bond acceptors (Lipinski definition) is 6. The molecule has 0 aromatic carbocycles. The van der Waals surface area contributed by atoms with E-state index in [0.717, 1.165) is 25.2 Å². The van der Waals surface area contributed by atoms with E-state index in [4.69, 9.17) is 9.47 Å². The molecule has 2 atom stereocenters. The second-order valence-corrected chi connectivity index (χ2v) is 7.94. The van der Waals surface area contributed by atoms with E-state index in [0.29, 0.717) is 24.1 Å². The average Bonchev–Trinajstić information content (AvgIpc) is 3.43. The Morgan fingerprint density at radius 1 is 1.37 bits per heavy atom. The van der Waals surface area contributed by atoms with Gasteiger partial charge in [0, 0.05) is 32.8 Å². The van der Waals surface area contributed by atoms with Gasteiger partial charge in [0.2, 0.25) is 5.88 Å². The summed E-state index contributed by atoms with van der Waals surface area (Å²) < 4.78 is 11.3. The molecule has 3 rings (SSSR count). The number of ether oxygens (including phenoxy) is 2. The maximum absolute atomic E-state index is 12.6. The Labute approximate surface area is 161 Å². The minimum atomic E-state index is -0.214. The number of rotatable bonds is 10. The van der Waals surface area contributed by atoms with Crippen molar-refractivity contribution in [2.45, 2.75) is 45.3 Å². The van der Waals surface area contributed by atoms with Crippen LogP contribution >= 0.6 is 0 Å². The molecule has 27 heavy (non-hydrogen) atoms. The van der Waals surface area contributed by atoms with Gasteiger partial charge in [-0.15, -0.1) is 0 Å². The number of aromatic nitrogens is 1. The van der Waals surface area contributed by atoms with E-state index in [1.54, 1.807) is 13.2 Å². The molecule has 0 radical (unpaired) electrons. The molecule has 1 aliphatic heterocycles. The van der Waals surface area contributed by atoms with Gasteiger partial charge in [0.1, 0.15) is 11.4 Å². The zero-order chi connectivity index (χ0) is 19.4. The molecule has 1 amide bonds. The molecular formula is C20H31N3O4. The summed E-state index contributed by atoms with van der Waals surface area (Å²) in [5, 5.41) is 12.1. The third kappa shape index (κ3) is 5.32. The number of aliphatic hydroxyl groups excluding tert-OH is 1. The molecule has 0 unspecified atom stereocenters. The molecule has 2 aliphatic rings. The van der Waals surface area contributed by atoms with E-state index in [1.807, 2.05) is 19.9 Å². The zero-order valence-electron chi connectivity index (χ0n) is 16.5. The predicted octanol–water partition coefficient (Wildman–Crippen LogP) is 1.84. The summed E-state index contributed by atoms with van der Waals surface area (Å²) in [5.74, 6) is 1.07. The van der Waals surface area contributed by atoms with Crippen LogP contribution in [0.5, 0.6) is 5.88 Å². The zero-order valence-corrected chi connectivity index (χ0v) is 16.5. The van der Waals surface area contributed by atoms with Gasteiger partial charge in [-0.3, -0.25) is 4.79 Å². The highest BCUT2D eigenvalue weighted by atomic mass is 16.5. The van der Waals surface area contributed by atoms with Crippen molar-refractivity contribution in [3.05, 3.63) is 17.8 Å². The molecule has 2 N–H and O–H groups in total. The van der Waals surface area contributed by atoms with E-state index < -0.39 is 0 Å². The summed E-state index contributed by atoms with van der Waals surface area (Å²) in [7, 11) is 1.72. The Balaban J connectivity index is 1.67. The molecule has 150 valence electrons. The molecule has 0 spiro atoms. The maximum Gasteiger partial charge on any atom is 0.270 e. The van der Waals surface area contributed by atoms with Crippen LogP contribution in [0.3, 0.4) is 0 Å². The highest BCUT2D eigenvalue weighted by Gasteiger charge is 2.31. The number of nitrogens with zero attached hydrogens (tertiary/aromatic N) is 2. The summed E-state index contributed by atoms with van der Waals surface area (Å²) in [4.78, 5) is 19.2. The third-order valence-electron chi connectivity index (χ3n) is 5.19. The van der Waals surface area contributed by atoms with Gasteiger partial charge >= 0.3 is 0 Å². The Kier molecular flexibility index (Phi) is 6.55. The van der Waals surface area contributed by atoms with E-state index in [9.17, 15) is 9.90 Å². The topological polar surface area (TPSA) is 83.9 Å². The third-order valence-corrected chi connectivity index (χ3v) is 5.19. The van der Waals surface area contributed by atoms with Crippen LogP contribution in [0.15, 0.2) is 12.1 Å². The fourth-order valence-corrected chi connectivity index (χ4v) is 3.21. The van der Waals surface area contributed by atoms with Gasteiger partial charge in [-0.05, 0) is 50.2 Å². The maximum atomic E-state index is 12.6. The average molecular weight is 377 g/mol. The first kappa shape index (κ1) is 19.9. The molecule has 1 aliphatic carbocycles.